The van der Waals surface area contributed by atoms with Crippen LogP contribution in [0.15, 0.2) is 30.5 Å². The Bertz CT molecular complexity index is 526. The normalized spacial score (nSPS) is 17.2. The highest BCUT2D eigenvalue weighted by Gasteiger charge is 2.15. The highest BCUT2D eigenvalue weighted by molar-refractivity contribution is 5.86. The zero-order chi connectivity index (χ0) is 12.4. The first-order chi connectivity index (χ1) is 8.88. The summed E-state index contributed by atoms with van der Waals surface area (Å²) in [5, 5.41) is 1.11. The number of nitrogens with two attached hydrogens (primary N) is 1. The zero-order valence-electron chi connectivity index (χ0n) is 10.6. The van der Waals surface area contributed by atoms with E-state index in [1.54, 1.807) is 0 Å². The Balaban J connectivity index is 1.88. The molecule has 1 aliphatic rings. The van der Waals surface area contributed by atoms with Gasteiger partial charge in [-0.15, -0.1) is 0 Å². The molecule has 0 saturated heterocycles. The van der Waals surface area contributed by atoms with Gasteiger partial charge >= 0.3 is 0 Å². The van der Waals surface area contributed by atoms with Gasteiger partial charge in [-0.25, -0.2) is 0 Å². The van der Waals surface area contributed by atoms with E-state index in [2.05, 4.69) is 22.9 Å². The molecule has 0 amide bonds. The minimum atomic E-state index is 0.759. The van der Waals surface area contributed by atoms with Gasteiger partial charge in [-0.05, 0) is 37.0 Å². The fraction of sp³-hybridized carbons (Fsp3) is 0.467. The van der Waals surface area contributed by atoms with Gasteiger partial charge in [0, 0.05) is 18.1 Å². The summed E-state index contributed by atoms with van der Waals surface area (Å²) < 4.78 is 2.34. The second-order valence-electron chi connectivity index (χ2n) is 5.28. The standard InChI is InChI=1S/C15H20N2O/c16-18-15-8-4-7-14-13(15)9-10-17(14)11-12-5-2-1-3-6-12/h4,7-10,12H,1-3,5-6,11,16H2. The van der Waals surface area contributed by atoms with Crippen molar-refractivity contribution in [3.05, 3.63) is 30.5 Å². The van der Waals surface area contributed by atoms with E-state index in [9.17, 15) is 0 Å². The molecule has 0 unspecified atom stereocenters. The fourth-order valence-corrected chi connectivity index (χ4v) is 3.11. The topological polar surface area (TPSA) is 40.2 Å². The molecule has 1 fully saturated rings. The van der Waals surface area contributed by atoms with Gasteiger partial charge in [0.05, 0.1) is 5.52 Å². The fourth-order valence-electron chi connectivity index (χ4n) is 3.11. The van der Waals surface area contributed by atoms with Crippen molar-refractivity contribution in [1.29, 1.82) is 0 Å². The van der Waals surface area contributed by atoms with Crippen molar-refractivity contribution < 1.29 is 4.84 Å². The maximum Gasteiger partial charge on any atom is 0.156 e. The molecule has 0 atom stereocenters. The quantitative estimate of drug-likeness (QED) is 0.840. The molecule has 2 aromatic rings. The van der Waals surface area contributed by atoms with Crippen molar-refractivity contribution in [2.24, 2.45) is 11.8 Å². The first-order valence-corrected chi connectivity index (χ1v) is 6.83. The number of aromatic nitrogens is 1. The Labute approximate surface area is 107 Å². The molecule has 1 heterocycles. The molecule has 3 heteroatoms. The van der Waals surface area contributed by atoms with Gasteiger partial charge in [-0.3, -0.25) is 0 Å². The van der Waals surface area contributed by atoms with Crippen LogP contribution in [0.3, 0.4) is 0 Å². The smallest absolute Gasteiger partial charge is 0.156 e. The largest absolute Gasteiger partial charge is 0.411 e. The summed E-state index contributed by atoms with van der Waals surface area (Å²) in [7, 11) is 0. The van der Waals surface area contributed by atoms with Crippen molar-refractivity contribution in [1.82, 2.24) is 4.57 Å². The van der Waals surface area contributed by atoms with E-state index in [4.69, 9.17) is 10.7 Å². The van der Waals surface area contributed by atoms with Gasteiger partial charge in [-0.2, -0.15) is 5.90 Å². The van der Waals surface area contributed by atoms with Gasteiger partial charge in [0.2, 0.25) is 0 Å². The SMILES string of the molecule is NOc1cccc2c1ccn2CC1CCCCC1. The molecule has 0 radical (unpaired) electrons. The third-order valence-corrected chi connectivity index (χ3v) is 4.08. The average Bonchev–Trinajstić information content (AvgIpc) is 2.83. The lowest BCUT2D eigenvalue weighted by atomic mass is 9.89. The van der Waals surface area contributed by atoms with Crippen molar-refractivity contribution >= 4 is 10.9 Å². The van der Waals surface area contributed by atoms with Crippen LogP contribution in [-0.2, 0) is 6.54 Å². The highest BCUT2D eigenvalue weighted by atomic mass is 16.6. The van der Waals surface area contributed by atoms with Crippen molar-refractivity contribution in [2.45, 2.75) is 38.6 Å². The summed E-state index contributed by atoms with van der Waals surface area (Å²) in [4.78, 5) is 4.92. The number of fused-ring (bicyclic) bond motifs is 1. The highest BCUT2D eigenvalue weighted by Crippen LogP contribution is 2.29. The van der Waals surface area contributed by atoms with Crippen molar-refractivity contribution in [2.75, 3.05) is 0 Å². The summed E-state index contributed by atoms with van der Waals surface area (Å²) in [6, 6.07) is 8.15. The van der Waals surface area contributed by atoms with Crippen LogP contribution >= 0.6 is 0 Å². The van der Waals surface area contributed by atoms with E-state index >= 15 is 0 Å². The Morgan fingerprint density at radius 2 is 2.00 bits per heavy atom. The van der Waals surface area contributed by atoms with Gasteiger partial charge < -0.3 is 9.40 Å². The predicted octanol–water partition coefficient (Wildman–Crippen LogP) is 3.47. The van der Waals surface area contributed by atoms with Crippen LogP contribution in [0.2, 0.25) is 0 Å². The first kappa shape index (κ1) is 11.6. The maximum atomic E-state index is 5.30. The third-order valence-electron chi connectivity index (χ3n) is 4.08. The molecule has 3 rings (SSSR count). The van der Waals surface area contributed by atoms with Crippen LogP contribution in [0.25, 0.3) is 10.9 Å². The Kier molecular flexibility index (Phi) is 3.24. The molecule has 0 aliphatic heterocycles. The van der Waals surface area contributed by atoms with Gasteiger partial charge in [-0.1, -0.05) is 25.3 Å². The molecule has 96 valence electrons. The summed E-state index contributed by atoms with van der Waals surface area (Å²) in [6.45, 7) is 1.12. The van der Waals surface area contributed by atoms with Crippen molar-refractivity contribution in [3.8, 4) is 5.75 Å². The van der Waals surface area contributed by atoms with E-state index in [1.807, 2.05) is 12.1 Å². The molecular formula is C15H20N2O. The van der Waals surface area contributed by atoms with E-state index in [0.29, 0.717) is 0 Å². The first-order valence-electron chi connectivity index (χ1n) is 6.83. The molecule has 0 bridgehead atoms. The minimum absolute atomic E-state index is 0.759. The number of nitrogens with zero attached hydrogens (tertiary/aromatic N) is 1. The summed E-state index contributed by atoms with van der Waals surface area (Å²) in [5.74, 6) is 6.89. The molecule has 3 nitrogen and oxygen atoms in total. The molecule has 18 heavy (non-hydrogen) atoms. The average molecular weight is 244 g/mol. The maximum absolute atomic E-state index is 5.30. The van der Waals surface area contributed by atoms with Crippen molar-refractivity contribution in [3.63, 3.8) is 0 Å². The molecule has 1 saturated carbocycles. The van der Waals surface area contributed by atoms with E-state index in [1.165, 1.54) is 37.6 Å². The van der Waals surface area contributed by atoms with Crippen LogP contribution in [0.4, 0.5) is 0 Å². The molecule has 2 N–H and O–H groups in total. The monoisotopic (exact) mass is 244 g/mol. The molecule has 1 aliphatic carbocycles. The van der Waals surface area contributed by atoms with Crippen LogP contribution in [0.1, 0.15) is 32.1 Å². The van der Waals surface area contributed by atoms with Gasteiger partial charge in [0.1, 0.15) is 0 Å². The molecule has 0 spiro atoms. The Hall–Kier alpha value is -1.48. The number of hydrogen-bond acceptors (Lipinski definition) is 2. The van der Waals surface area contributed by atoms with Crippen LogP contribution < -0.4 is 10.7 Å². The lowest BCUT2D eigenvalue weighted by Gasteiger charge is -2.22. The Morgan fingerprint density at radius 3 is 2.78 bits per heavy atom. The third kappa shape index (κ3) is 2.10. The summed E-state index contributed by atoms with van der Waals surface area (Å²) in [6.07, 6.45) is 9.08. The molecular weight excluding hydrogens is 224 g/mol. The summed E-state index contributed by atoms with van der Waals surface area (Å²) >= 11 is 0. The predicted molar refractivity (Wildman–Crippen MR) is 73.3 cm³/mol. The van der Waals surface area contributed by atoms with E-state index < -0.39 is 0 Å². The number of hydrogen-bond donors (Lipinski definition) is 1. The molecule has 1 aromatic carbocycles. The number of benzene rings is 1. The van der Waals surface area contributed by atoms with Crippen LogP contribution in [0, 0.1) is 5.92 Å². The second-order valence-corrected chi connectivity index (χ2v) is 5.28. The van der Waals surface area contributed by atoms with Crippen LogP contribution in [0.5, 0.6) is 5.75 Å². The second kappa shape index (κ2) is 5.02. The number of rotatable bonds is 3. The lowest BCUT2D eigenvalue weighted by molar-refractivity contribution is 0.322. The molecule has 1 aromatic heterocycles. The van der Waals surface area contributed by atoms with Gasteiger partial charge in [0.25, 0.3) is 0 Å². The lowest BCUT2D eigenvalue weighted by Crippen LogP contribution is -2.13. The van der Waals surface area contributed by atoms with E-state index in [-0.39, 0.29) is 0 Å². The van der Waals surface area contributed by atoms with Gasteiger partial charge in [0.15, 0.2) is 5.75 Å². The Morgan fingerprint density at radius 1 is 1.17 bits per heavy atom. The van der Waals surface area contributed by atoms with Crippen LogP contribution in [-0.4, -0.2) is 4.57 Å². The zero-order valence-corrected chi connectivity index (χ0v) is 10.6. The minimum Gasteiger partial charge on any atom is -0.411 e. The summed E-state index contributed by atoms with van der Waals surface area (Å²) in [5.41, 5.74) is 1.23. The van der Waals surface area contributed by atoms with E-state index in [0.717, 1.165) is 23.6 Å².